The van der Waals surface area contributed by atoms with E-state index in [1.807, 2.05) is 12.1 Å². The lowest BCUT2D eigenvalue weighted by Gasteiger charge is -2.20. The molecule has 4 nitrogen and oxygen atoms in total. The fourth-order valence-corrected chi connectivity index (χ4v) is 4.12. The summed E-state index contributed by atoms with van der Waals surface area (Å²) in [6, 6.07) is 6.58. The van der Waals surface area contributed by atoms with Crippen molar-refractivity contribution in [1.82, 2.24) is 4.90 Å². The molecular formula is C27H48N2O2. The number of phenols is 1. The van der Waals surface area contributed by atoms with Gasteiger partial charge in [0.15, 0.2) is 0 Å². The van der Waals surface area contributed by atoms with E-state index in [0.717, 1.165) is 18.4 Å². The summed E-state index contributed by atoms with van der Waals surface area (Å²) in [6.45, 7) is 3.49. The lowest BCUT2D eigenvalue weighted by molar-refractivity contribution is 0.203. The van der Waals surface area contributed by atoms with E-state index in [1.165, 1.54) is 96.3 Å². The van der Waals surface area contributed by atoms with Crippen molar-refractivity contribution in [2.75, 3.05) is 6.54 Å². The Labute approximate surface area is 191 Å². The van der Waals surface area contributed by atoms with E-state index >= 15 is 0 Å². The molecule has 1 aromatic carbocycles. The highest BCUT2D eigenvalue weighted by Gasteiger charge is 2.10. The van der Waals surface area contributed by atoms with Crippen molar-refractivity contribution < 1.29 is 9.90 Å². The molecule has 0 heterocycles. The summed E-state index contributed by atoms with van der Waals surface area (Å²) in [5.41, 5.74) is 6.51. The largest absolute Gasteiger partial charge is 0.508 e. The van der Waals surface area contributed by atoms with Crippen molar-refractivity contribution in [3.63, 3.8) is 0 Å². The Hall–Kier alpha value is -1.71. The predicted molar refractivity (Wildman–Crippen MR) is 132 cm³/mol. The van der Waals surface area contributed by atoms with Gasteiger partial charge in [0, 0.05) is 13.1 Å². The van der Waals surface area contributed by atoms with E-state index in [9.17, 15) is 9.90 Å². The Kier molecular flexibility index (Phi) is 16.8. The number of hydrogen-bond acceptors (Lipinski definition) is 2. The molecule has 0 saturated heterocycles. The van der Waals surface area contributed by atoms with Crippen LogP contribution in [0, 0.1) is 0 Å². The molecule has 31 heavy (non-hydrogen) atoms. The third kappa shape index (κ3) is 15.7. The van der Waals surface area contributed by atoms with Gasteiger partial charge in [-0.25, -0.2) is 4.79 Å². The number of amides is 2. The molecule has 0 fully saturated rings. The van der Waals surface area contributed by atoms with Gasteiger partial charge in [0.2, 0.25) is 0 Å². The Morgan fingerprint density at radius 1 is 0.710 bits per heavy atom. The van der Waals surface area contributed by atoms with Crippen LogP contribution in [-0.2, 0) is 6.54 Å². The first-order chi connectivity index (χ1) is 15.1. The zero-order valence-electron chi connectivity index (χ0n) is 20.1. The third-order valence-electron chi connectivity index (χ3n) is 6.15. The summed E-state index contributed by atoms with van der Waals surface area (Å²) in [5.74, 6) is 0.238. The molecule has 0 aliphatic carbocycles. The maximum Gasteiger partial charge on any atom is 0.315 e. The molecule has 1 aromatic rings. The number of nitrogens with two attached hydrogens (primary N) is 1. The molecule has 0 aliphatic rings. The first-order valence-electron chi connectivity index (χ1n) is 13.0. The van der Waals surface area contributed by atoms with Crippen molar-refractivity contribution in [3.8, 4) is 5.75 Å². The Morgan fingerprint density at radius 2 is 1.10 bits per heavy atom. The number of carbonyl (C=O) groups excluding carboxylic acids is 1. The van der Waals surface area contributed by atoms with Gasteiger partial charge in [0.05, 0.1) is 0 Å². The summed E-state index contributed by atoms with van der Waals surface area (Å²) >= 11 is 0. The van der Waals surface area contributed by atoms with Crippen LogP contribution in [0.3, 0.4) is 0 Å². The molecule has 0 atom stereocenters. The highest BCUT2D eigenvalue weighted by Crippen LogP contribution is 2.15. The number of rotatable bonds is 20. The average Bonchev–Trinajstić information content (AvgIpc) is 2.76. The SMILES string of the molecule is CCCCCCCCCCCCCCCCCCCN(Cc1ccc(O)cc1)C(N)=O. The standard InChI is InChI=1S/C27H48N2O2/c1-2-3-4-5-6-7-8-9-10-11-12-13-14-15-16-17-18-23-29(27(28)31)24-25-19-21-26(30)22-20-25/h19-22,30H,2-18,23-24H2,1H3,(H2,28,31). The second-order valence-corrected chi connectivity index (χ2v) is 9.08. The van der Waals surface area contributed by atoms with Crippen LogP contribution < -0.4 is 5.73 Å². The van der Waals surface area contributed by atoms with E-state index in [0.29, 0.717) is 13.1 Å². The van der Waals surface area contributed by atoms with Crippen molar-refractivity contribution in [2.45, 2.75) is 123 Å². The van der Waals surface area contributed by atoms with Crippen molar-refractivity contribution in [2.24, 2.45) is 5.73 Å². The highest BCUT2D eigenvalue weighted by atomic mass is 16.3. The topological polar surface area (TPSA) is 66.6 Å². The molecule has 178 valence electrons. The molecular weight excluding hydrogens is 384 g/mol. The highest BCUT2D eigenvalue weighted by molar-refractivity contribution is 5.72. The molecule has 3 N–H and O–H groups in total. The van der Waals surface area contributed by atoms with Gasteiger partial charge in [-0.1, -0.05) is 122 Å². The van der Waals surface area contributed by atoms with Crippen LogP contribution in [0.15, 0.2) is 24.3 Å². The van der Waals surface area contributed by atoms with Crippen molar-refractivity contribution >= 4 is 6.03 Å². The predicted octanol–water partition coefficient (Wildman–Crippen LogP) is 7.92. The number of nitrogens with zero attached hydrogens (tertiary/aromatic N) is 1. The minimum atomic E-state index is -0.371. The molecule has 4 heteroatoms. The first-order valence-corrected chi connectivity index (χ1v) is 13.0. The number of aromatic hydroxyl groups is 1. The van der Waals surface area contributed by atoms with Gasteiger partial charge < -0.3 is 15.7 Å². The minimum Gasteiger partial charge on any atom is -0.508 e. The number of hydrogen-bond donors (Lipinski definition) is 2. The summed E-state index contributed by atoms with van der Waals surface area (Å²) in [7, 11) is 0. The van der Waals surface area contributed by atoms with Crippen molar-refractivity contribution in [3.05, 3.63) is 29.8 Å². The number of benzene rings is 1. The quantitative estimate of drug-likeness (QED) is 0.205. The Bertz CT molecular complexity index is 545. The summed E-state index contributed by atoms with van der Waals surface area (Å²) in [6.07, 6.45) is 23.0. The van der Waals surface area contributed by atoms with Crippen LogP contribution in [0.2, 0.25) is 0 Å². The third-order valence-corrected chi connectivity index (χ3v) is 6.15. The van der Waals surface area contributed by atoms with Gasteiger partial charge in [0.1, 0.15) is 5.75 Å². The van der Waals surface area contributed by atoms with Crippen molar-refractivity contribution in [1.29, 1.82) is 0 Å². The maximum atomic E-state index is 11.7. The fourth-order valence-electron chi connectivity index (χ4n) is 4.12. The number of carbonyl (C=O) groups is 1. The van der Waals surface area contributed by atoms with Crippen LogP contribution in [0.5, 0.6) is 5.75 Å². The van der Waals surface area contributed by atoms with Gasteiger partial charge in [-0.05, 0) is 24.1 Å². The van der Waals surface area contributed by atoms with E-state index in [2.05, 4.69) is 6.92 Å². The zero-order chi connectivity index (χ0) is 22.6. The zero-order valence-corrected chi connectivity index (χ0v) is 20.1. The molecule has 0 unspecified atom stereocenters. The van der Waals surface area contributed by atoms with E-state index in [1.54, 1.807) is 17.0 Å². The number of primary amides is 1. The molecule has 1 rings (SSSR count). The van der Waals surface area contributed by atoms with Crippen LogP contribution in [-0.4, -0.2) is 22.6 Å². The minimum absolute atomic E-state index is 0.238. The Balaban J connectivity index is 1.89. The number of urea groups is 1. The lowest BCUT2D eigenvalue weighted by Crippen LogP contribution is -2.35. The fraction of sp³-hybridized carbons (Fsp3) is 0.741. The molecule has 0 aliphatic heterocycles. The van der Waals surface area contributed by atoms with E-state index in [4.69, 9.17) is 5.73 Å². The van der Waals surface area contributed by atoms with Crippen LogP contribution >= 0.6 is 0 Å². The van der Waals surface area contributed by atoms with Crippen LogP contribution in [0.1, 0.15) is 122 Å². The monoisotopic (exact) mass is 432 g/mol. The lowest BCUT2D eigenvalue weighted by atomic mass is 10.0. The van der Waals surface area contributed by atoms with Crippen LogP contribution in [0.4, 0.5) is 4.79 Å². The Morgan fingerprint density at radius 3 is 1.48 bits per heavy atom. The molecule has 0 saturated carbocycles. The van der Waals surface area contributed by atoms with Gasteiger partial charge >= 0.3 is 6.03 Å². The van der Waals surface area contributed by atoms with Crippen LogP contribution in [0.25, 0.3) is 0 Å². The summed E-state index contributed by atoms with van der Waals surface area (Å²) in [4.78, 5) is 13.4. The smallest absolute Gasteiger partial charge is 0.315 e. The van der Waals surface area contributed by atoms with E-state index in [-0.39, 0.29) is 11.8 Å². The molecule has 2 amide bonds. The second-order valence-electron chi connectivity index (χ2n) is 9.08. The first kappa shape index (κ1) is 27.3. The molecule has 0 spiro atoms. The average molecular weight is 433 g/mol. The molecule has 0 aromatic heterocycles. The molecule has 0 bridgehead atoms. The summed E-state index contributed by atoms with van der Waals surface area (Å²) < 4.78 is 0. The number of unbranched alkanes of at least 4 members (excludes halogenated alkanes) is 16. The van der Waals surface area contributed by atoms with Gasteiger partial charge in [-0.3, -0.25) is 0 Å². The van der Waals surface area contributed by atoms with E-state index < -0.39 is 0 Å². The van der Waals surface area contributed by atoms with Gasteiger partial charge in [-0.2, -0.15) is 0 Å². The maximum absolute atomic E-state index is 11.7. The summed E-state index contributed by atoms with van der Waals surface area (Å²) in [5, 5.41) is 9.36. The number of phenolic OH excluding ortho intramolecular Hbond substituents is 1. The second kappa shape index (κ2) is 19.0. The van der Waals surface area contributed by atoms with Gasteiger partial charge in [0.25, 0.3) is 0 Å². The molecule has 0 radical (unpaired) electrons. The van der Waals surface area contributed by atoms with Gasteiger partial charge in [-0.15, -0.1) is 0 Å². The normalized spacial score (nSPS) is 11.0.